The number of quaternary nitrogens is 2. The largest absolute Gasteiger partial charge is 0.508 e. The Morgan fingerprint density at radius 3 is 0.804 bits per heavy atom. The van der Waals surface area contributed by atoms with E-state index < -0.39 is 6.16 Å². The molecule has 0 saturated carbocycles. The van der Waals surface area contributed by atoms with Crippen molar-refractivity contribution in [2.45, 2.75) is 194 Å². The molecule has 0 aliphatic heterocycles. The van der Waals surface area contributed by atoms with Gasteiger partial charge in [0.25, 0.3) is 0 Å². The Balaban J connectivity index is 3.59. The summed E-state index contributed by atoms with van der Waals surface area (Å²) >= 11 is 0. The molecule has 0 aliphatic rings. The predicted molar refractivity (Wildman–Crippen MR) is 202 cm³/mol. The molecule has 0 bridgehead atoms. The van der Waals surface area contributed by atoms with E-state index in [1.54, 1.807) is 0 Å². The highest BCUT2D eigenvalue weighted by atomic mass is 16.7. The van der Waals surface area contributed by atoms with Crippen molar-refractivity contribution in [1.29, 1.82) is 0 Å². The van der Waals surface area contributed by atoms with Gasteiger partial charge in [-0.2, -0.15) is 0 Å². The summed E-state index contributed by atoms with van der Waals surface area (Å²) in [5, 5.41) is 0. The fraction of sp³-hybridized carbons (Fsp3) is 0.976. The Kier molecular flexibility index (Phi) is 32.1. The highest BCUT2D eigenvalue weighted by Crippen LogP contribution is 2.15. The molecule has 0 aromatic carbocycles. The molecule has 46 heavy (non-hydrogen) atoms. The van der Waals surface area contributed by atoms with Crippen molar-refractivity contribution >= 4 is 6.16 Å². The van der Waals surface area contributed by atoms with E-state index >= 15 is 0 Å². The first-order chi connectivity index (χ1) is 22.2. The van der Waals surface area contributed by atoms with Crippen molar-refractivity contribution in [1.82, 2.24) is 0 Å². The molecule has 0 aliphatic carbocycles. The third-order valence-electron chi connectivity index (χ3n) is 10.1. The van der Waals surface area contributed by atoms with E-state index in [0.717, 1.165) is 35.1 Å². The second-order valence-electron chi connectivity index (χ2n) is 15.9. The molecule has 0 amide bonds. The van der Waals surface area contributed by atoms with Crippen molar-refractivity contribution in [2.24, 2.45) is 0 Å². The van der Waals surface area contributed by atoms with E-state index in [0.29, 0.717) is 13.2 Å². The maximum Gasteiger partial charge on any atom is 0.508 e. The summed E-state index contributed by atoms with van der Waals surface area (Å²) in [5.41, 5.74) is 0. The average Bonchev–Trinajstić information content (AvgIpc) is 3.01. The maximum atomic E-state index is 12.2. The molecule has 0 saturated heterocycles. The minimum atomic E-state index is -0.506. The molecule has 5 heteroatoms. The summed E-state index contributed by atoms with van der Waals surface area (Å²) in [6.45, 7) is 9.41. The Bertz CT molecular complexity index is 585. The number of nitrogens with zero attached hydrogens (tertiary/aromatic N) is 2. The van der Waals surface area contributed by atoms with Gasteiger partial charge in [-0.15, -0.1) is 0 Å². The van der Waals surface area contributed by atoms with E-state index in [2.05, 4.69) is 42.0 Å². The van der Waals surface area contributed by atoms with Crippen LogP contribution in [0, 0.1) is 0 Å². The smallest absolute Gasteiger partial charge is 0.428 e. The molecule has 276 valence electrons. The molecule has 0 fully saturated rings. The van der Waals surface area contributed by atoms with Crippen LogP contribution in [-0.2, 0) is 9.47 Å². The minimum absolute atomic E-state index is 0.432. The van der Waals surface area contributed by atoms with Crippen molar-refractivity contribution in [3.8, 4) is 0 Å². The number of carbonyl (C=O) groups excluding carboxylic acids is 1. The summed E-state index contributed by atoms with van der Waals surface area (Å²) in [4.78, 5) is 12.2. The lowest BCUT2D eigenvalue weighted by Crippen LogP contribution is -2.44. The first-order valence-electron chi connectivity index (χ1n) is 20.7. The number of hydrogen-bond acceptors (Lipinski definition) is 3. The molecule has 0 rings (SSSR count). The maximum absolute atomic E-state index is 12.2. The van der Waals surface area contributed by atoms with Crippen LogP contribution in [0.1, 0.15) is 194 Å². The number of ether oxygens (including phenoxy) is 2. The number of carbonyl (C=O) groups is 1. The zero-order valence-electron chi connectivity index (χ0n) is 32.7. The van der Waals surface area contributed by atoms with Crippen molar-refractivity contribution in [3.63, 3.8) is 0 Å². The number of rotatable bonds is 36. The summed E-state index contributed by atoms with van der Waals surface area (Å²) < 4.78 is 12.6. The van der Waals surface area contributed by atoms with Crippen LogP contribution >= 0.6 is 0 Å². The van der Waals surface area contributed by atoms with Crippen LogP contribution in [0.4, 0.5) is 4.79 Å². The first-order valence-corrected chi connectivity index (χ1v) is 20.7. The van der Waals surface area contributed by atoms with Crippen molar-refractivity contribution in [2.75, 3.05) is 67.6 Å². The van der Waals surface area contributed by atoms with E-state index in [9.17, 15) is 4.79 Å². The van der Waals surface area contributed by atoms with Crippen LogP contribution < -0.4 is 0 Å². The van der Waals surface area contributed by atoms with Gasteiger partial charge in [-0.1, -0.05) is 168 Å². The zero-order valence-corrected chi connectivity index (χ0v) is 32.7. The van der Waals surface area contributed by atoms with Gasteiger partial charge in [-0.25, -0.2) is 4.79 Å². The number of hydrogen-bond donors (Lipinski definition) is 0. The molecule has 0 unspecified atom stereocenters. The lowest BCUT2D eigenvalue weighted by atomic mass is 10.0. The van der Waals surface area contributed by atoms with Crippen LogP contribution in [-0.4, -0.2) is 82.7 Å². The van der Waals surface area contributed by atoms with Gasteiger partial charge in [0, 0.05) is 0 Å². The van der Waals surface area contributed by atoms with Gasteiger partial charge in [-0.05, 0) is 25.7 Å². The van der Waals surface area contributed by atoms with Crippen LogP contribution in [0.2, 0.25) is 0 Å². The zero-order chi connectivity index (χ0) is 34.0. The summed E-state index contributed by atoms with van der Waals surface area (Å²) in [6, 6.07) is 0. The lowest BCUT2D eigenvalue weighted by Gasteiger charge is -2.30. The lowest BCUT2D eigenvalue weighted by molar-refractivity contribution is -0.891. The van der Waals surface area contributed by atoms with Gasteiger partial charge in [0.15, 0.2) is 0 Å². The molecule has 0 N–H and O–H groups in total. The molecular formula is C41H86N2O3+2. The van der Waals surface area contributed by atoms with Crippen LogP contribution in [0.3, 0.4) is 0 Å². The van der Waals surface area contributed by atoms with Crippen LogP contribution in [0.15, 0.2) is 0 Å². The first kappa shape index (κ1) is 45.2. The number of unbranched alkanes of at least 4 members (excludes halogenated alkanes) is 26. The Morgan fingerprint density at radius 1 is 0.348 bits per heavy atom. The Labute approximate surface area is 290 Å². The van der Waals surface area contributed by atoms with Crippen LogP contribution in [0.5, 0.6) is 0 Å². The van der Waals surface area contributed by atoms with Gasteiger partial charge in [0.05, 0.1) is 41.3 Å². The van der Waals surface area contributed by atoms with Gasteiger partial charge in [0.2, 0.25) is 0 Å². The molecule has 0 spiro atoms. The predicted octanol–water partition coefficient (Wildman–Crippen LogP) is 12.3. The topological polar surface area (TPSA) is 35.5 Å². The quantitative estimate of drug-likeness (QED) is 0.0383. The normalized spacial score (nSPS) is 12.1. The second-order valence-corrected chi connectivity index (χ2v) is 15.9. The van der Waals surface area contributed by atoms with E-state index in [4.69, 9.17) is 9.47 Å². The molecule has 0 radical (unpaired) electrons. The van der Waals surface area contributed by atoms with Crippen LogP contribution in [0.25, 0.3) is 0 Å². The fourth-order valence-corrected chi connectivity index (χ4v) is 6.49. The second kappa shape index (κ2) is 32.7. The standard InChI is InChI=1S/C41H86N2O3/c1-7-9-11-13-15-17-19-21-23-25-27-29-31-33-35-42(3,4)37-39-45-41(44)46-40-38-43(5,6)36-34-32-30-28-26-24-22-20-18-16-14-12-10-8-2/h7-40H2,1-6H3/q+2. The van der Waals surface area contributed by atoms with Gasteiger partial charge in [0.1, 0.15) is 26.3 Å². The molecule has 0 aromatic rings. The molecular weight excluding hydrogens is 568 g/mol. The Hall–Kier alpha value is -0.810. The number of likely N-dealkylation sites (N-methyl/N-ethyl adjacent to an activating group) is 2. The molecule has 5 nitrogen and oxygen atoms in total. The van der Waals surface area contributed by atoms with E-state index in [1.807, 2.05) is 0 Å². The van der Waals surface area contributed by atoms with Gasteiger partial charge in [-0.3, -0.25) is 0 Å². The highest BCUT2D eigenvalue weighted by Gasteiger charge is 2.18. The third kappa shape index (κ3) is 34.5. The van der Waals surface area contributed by atoms with Crippen molar-refractivity contribution in [3.05, 3.63) is 0 Å². The SMILES string of the molecule is CCCCCCCCCCCCCCCC[N+](C)(C)CCOC(=O)OCC[N+](C)(C)CCCCCCCCCCCCCCCC. The summed E-state index contributed by atoms with van der Waals surface area (Å²) in [6.07, 6.45) is 38.5. The minimum Gasteiger partial charge on any atom is -0.428 e. The molecule has 0 heterocycles. The third-order valence-corrected chi connectivity index (χ3v) is 10.1. The monoisotopic (exact) mass is 655 g/mol. The van der Waals surface area contributed by atoms with Crippen molar-refractivity contribution < 1.29 is 23.2 Å². The van der Waals surface area contributed by atoms with Gasteiger partial charge >= 0.3 is 6.16 Å². The van der Waals surface area contributed by atoms with E-state index in [1.165, 1.54) is 180 Å². The average molecular weight is 655 g/mol. The summed E-state index contributed by atoms with van der Waals surface area (Å²) in [7, 11) is 8.98. The molecule has 0 atom stereocenters. The Morgan fingerprint density at radius 2 is 0.565 bits per heavy atom. The van der Waals surface area contributed by atoms with Gasteiger partial charge < -0.3 is 18.4 Å². The molecule has 0 aromatic heterocycles. The fourth-order valence-electron chi connectivity index (χ4n) is 6.49. The summed E-state index contributed by atoms with van der Waals surface area (Å²) in [5.74, 6) is 0. The van der Waals surface area contributed by atoms with E-state index in [-0.39, 0.29) is 0 Å². The highest BCUT2D eigenvalue weighted by molar-refractivity contribution is 5.59.